The predicted molar refractivity (Wildman–Crippen MR) is 102 cm³/mol. The van der Waals surface area contributed by atoms with Gasteiger partial charge >= 0.3 is 0 Å². The standard InChI is InChI=1S/C20H25FN2O3S/c1-14-18(8-13-26-17-7-4-3-6-16(17)21)27-19(22-14)20(25)9-5-11-23(12-10-20)15(2)24/h3-4,6-7,25H,5,8-13H2,1-2H3/t20-/m1/s1. The minimum absolute atomic E-state index is 0.0422. The summed E-state index contributed by atoms with van der Waals surface area (Å²) in [6.45, 7) is 5.04. The lowest BCUT2D eigenvalue weighted by Crippen LogP contribution is -2.32. The molecule has 0 aliphatic carbocycles. The number of amides is 1. The quantitative estimate of drug-likeness (QED) is 0.847. The third kappa shape index (κ3) is 4.65. The molecule has 1 saturated heterocycles. The second kappa shape index (κ2) is 8.35. The molecule has 3 rings (SSSR count). The normalized spacial score (nSPS) is 20.4. The number of aryl methyl sites for hydroxylation is 1. The zero-order chi connectivity index (χ0) is 19.4. The number of hydrogen-bond acceptors (Lipinski definition) is 5. The molecule has 2 heterocycles. The summed E-state index contributed by atoms with van der Waals surface area (Å²) in [6, 6.07) is 6.34. The number of aliphatic hydroxyl groups is 1. The highest BCUT2D eigenvalue weighted by molar-refractivity contribution is 7.11. The van der Waals surface area contributed by atoms with Crippen molar-refractivity contribution >= 4 is 17.2 Å². The van der Waals surface area contributed by atoms with Crippen LogP contribution in [0.2, 0.25) is 0 Å². The Balaban J connectivity index is 1.65. The van der Waals surface area contributed by atoms with E-state index in [1.54, 1.807) is 30.0 Å². The van der Waals surface area contributed by atoms with E-state index in [0.717, 1.165) is 17.0 Å². The first-order valence-electron chi connectivity index (χ1n) is 9.21. The monoisotopic (exact) mass is 392 g/mol. The number of carbonyl (C=O) groups is 1. The molecule has 1 fully saturated rings. The zero-order valence-corrected chi connectivity index (χ0v) is 16.5. The Hall–Kier alpha value is -1.99. The van der Waals surface area contributed by atoms with Gasteiger partial charge in [0.15, 0.2) is 11.6 Å². The number of thiazole rings is 1. The first-order chi connectivity index (χ1) is 12.9. The molecule has 1 amide bonds. The van der Waals surface area contributed by atoms with E-state index in [2.05, 4.69) is 4.98 Å². The molecular formula is C20H25FN2O3S. The largest absolute Gasteiger partial charge is 0.490 e. The van der Waals surface area contributed by atoms with Crippen molar-refractivity contribution in [3.63, 3.8) is 0 Å². The molecule has 7 heteroatoms. The smallest absolute Gasteiger partial charge is 0.219 e. The Morgan fingerprint density at radius 2 is 2.15 bits per heavy atom. The van der Waals surface area contributed by atoms with Crippen molar-refractivity contribution < 1.29 is 19.0 Å². The van der Waals surface area contributed by atoms with E-state index < -0.39 is 5.60 Å². The van der Waals surface area contributed by atoms with Crippen LogP contribution in [0.1, 0.15) is 41.8 Å². The van der Waals surface area contributed by atoms with Crippen LogP contribution in [-0.4, -0.2) is 40.6 Å². The molecule has 27 heavy (non-hydrogen) atoms. The molecule has 1 aliphatic rings. The maximum atomic E-state index is 13.6. The highest BCUT2D eigenvalue weighted by Gasteiger charge is 2.35. The van der Waals surface area contributed by atoms with Crippen LogP contribution in [0.3, 0.4) is 0 Å². The minimum Gasteiger partial charge on any atom is -0.490 e. The first-order valence-corrected chi connectivity index (χ1v) is 10.0. The summed E-state index contributed by atoms with van der Waals surface area (Å²) in [6.07, 6.45) is 2.44. The van der Waals surface area contributed by atoms with E-state index in [-0.39, 0.29) is 17.5 Å². The Morgan fingerprint density at radius 1 is 1.37 bits per heavy atom. The van der Waals surface area contributed by atoms with Gasteiger partial charge in [-0.25, -0.2) is 9.37 Å². The molecule has 1 aliphatic heterocycles. The predicted octanol–water partition coefficient (Wildman–Crippen LogP) is 3.43. The van der Waals surface area contributed by atoms with E-state index in [9.17, 15) is 14.3 Å². The number of likely N-dealkylation sites (tertiary alicyclic amines) is 1. The molecule has 0 unspecified atom stereocenters. The van der Waals surface area contributed by atoms with Crippen molar-refractivity contribution in [2.24, 2.45) is 0 Å². The molecule has 1 aromatic carbocycles. The number of halogens is 1. The zero-order valence-electron chi connectivity index (χ0n) is 15.7. The summed E-state index contributed by atoms with van der Waals surface area (Å²) in [5, 5.41) is 11.8. The average Bonchev–Trinajstić information content (AvgIpc) is 2.88. The Bertz CT molecular complexity index is 810. The highest BCUT2D eigenvalue weighted by Crippen LogP contribution is 2.36. The molecule has 0 saturated carbocycles. The second-order valence-corrected chi connectivity index (χ2v) is 8.03. The minimum atomic E-state index is -0.996. The molecule has 0 bridgehead atoms. The summed E-state index contributed by atoms with van der Waals surface area (Å²) in [5.74, 6) is -0.0887. The lowest BCUT2D eigenvalue weighted by atomic mass is 9.96. The van der Waals surface area contributed by atoms with Crippen LogP contribution in [0, 0.1) is 12.7 Å². The maximum absolute atomic E-state index is 13.6. The number of ether oxygens (including phenoxy) is 1. The summed E-state index contributed by atoms with van der Waals surface area (Å²) in [7, 11) is 0. The van der Waals surface area contributed by atoms with Crippen molar-refractivity contribution in [2.75, 3.05) is 19.7 Å². The van der Waals surface area contributed by atoms with Crippen LogP contribution in [0.15, 0.2) is 24.3 Å². The number of para-hydroxylation sites is 1. The second-order valence-electron chi connectivity index (χ2n) is 6.95. The van der Waals surface area contributed by atoms with Gasteiger partial charge in [-0.3, -0.25) is 4.79 Å². The number of aromatic nitrogens is 1. The SMILES string of the molecule is CC(=O)N1CCC[C@](O)(c2nc(C)c(CCOc3ccccc3F)s2)CC1. The summed E-state index contributed by atoms with van der Waals surface area (Å²) in [4.78, 5) is 19.0. The van der Waals surface area contributed by atoms with Crippen molar-refractivity contribution in [1.82, 2.24) is 9.88 Å². The van der Waals surface area contributed by atoms with E-state index in [1.807, 2.05) is 6.92 Å². The fourth-order valence-electron chi connectivity index (χ4n) is 3.32. The van der Waals surface area contributed by atoms with Gasteiger partial charge in [0, 0.05) is 37.7 Å². The number of rotatable bonds is 5. The van der Waals surface area contributed by atoms with Gasteiger partial charge in [0.05, 0.1) is 12.3 Å². The van der Waals surface area contributed by atoms with E-state index in [0.29, 0.717) is 44.0 Å². The highest BCUT2D eigenvalue weighted by atomic mass is 32.1. The van der Waals surface area contributed by atoms with Gasteiger partial charge in [-0.15, -0.1) is 11.3 Å². The number of hydrogen-bond donors (Lipinski definition) is 1. The molecule has 1 aromatic heterocycles. The van der Waals surface area contributed by atoms with Crippen molar-refractivity contribution in [3.8, 4) is 5.75 Å². The number of carbonyl (C=O) groups excluding carboxylic acids is 1. The van der Waals surface area contributed by atoms with Gasteiger partial charge in [0.1, 0.15) is 10.6 Å². The van der Waals surface area contributed by atoms with E-state index >= 15 is 0 Å². The van der Waals surface area contributed by atoms with Crippen LogP contribution >= 0.6 is 11.3 Å². The van der Waals surface area contributed by atoms with Crippen LogP contribution < -0.4 is 4.74 Å². The van der Waals surface area contributed by atoms with Crippen molar-refractivity contribution in [1.29, 1.82) is 0 Å². The maximum Gasteiger partial charge on any atom is 0.219 e. The molecule has 5 nitrogen and oxygen atoms in total. The Kier molecular flexibility index (Phi) is 6.11. The third-order valence-corrected chi connectivity index (χ3v) is 6.38. The van der Waals surface area contributed by atoms with E-state index in [4.69, 9.17) is 4.74 Å². The van der Waals surface area contributed by atoms with Gasteiger partial charge < -0.3 is 14.7 Å². The van der Waals surface area contributed by atoms with Crippen LogP contribution in [0.25, 0.3) is 0 Å². The van der Waals surface area contributed by atoms with Crippen molar-refractivity contribution in [3.05, 3.63) is 45.7 Å². The van der Waals surface area contributed by atoms with Gasteiger partial charge in [-0.05, 0) is 31.9 Å². The molecule has 146 valence electrons. The molecule has 0 radical (unpaired) electrons. The summed E-state index contributed by atoms with van der Waals surface area (Å²) >= 11 is 1.48. The summed E-state index contributed by atoms with van der Waals surface area (Å²) in [5.41, 5.74) is -0.127. The fraction of sp³-hybridized carbons (Fsp3) is 0.500. The molecule has 1 atom stereocenters. The van der Waals surface area contributed by atoms with Crippen molar-refractivity contribution in [2.45, 2.75) is 45.1 Å². The molecule has 2 aromatic rings. The van der Waals surface area contributed by atoms with Crippen LogP contribution in [0.5, 0.6) is 5.75 Å². The summed E-state index contributed by atoms with van der Waals surface area (Å²) < 4.78 is 19.2. The lowest BCUT2D eigenvalue weighted by Gasteiger charge is -2.24. The van der Waals surface area contributed by atoms with E-state index in [1.165, 1.54) is 17.4 Å². The van der Waals surface area contributed by atoms with Crippen LogP contribution in [-0.2, 0) is 16.8 Å². The fourth-order valence-corrected chi connectivity index (χ4v) is 4.51. The molecule has 1 N–H and O–H groups in total. The first kappa shape index (κ1) is 19.8. The Labute approximate surface area is 162 Å². The molecular weight excluding hydrogens is 367 g/mol. The van der Waals surface area contributed by atoms with Gasteiger partial charge in [-0.2, -0.15) is 0 Å². The third-order valence-electron chi connectivity index (χ3n) is 4.97. The molecule has 0 spiro atoms. The number of benzene rings is 1. The topological polar surface area (TPSA) is 62.7 Å². The Morgan fingerprint density at radius 3 is 2.89 bits per heavy atom. The average molecular weight is 392 g/mol. The van der Waals surface area contributed by atoms with Gasteiger partial charge in [0.25, 0.3) is 0 Å². The van der Waals surface area contributed by atoms with Crippen LogP contribution in [0.4, 0.5) is 4.39 Å². The lowest BCUT2D eigenvalue weighted by molar-refractivity contribution is -0.128. The van der Waals surface area contributed by atoms with Gasteiger partial charge in [-0.1, -0.05) is 12.1 Å². The van der Waals surface area contributed by atoms with Gasteiger partial charge in [0.2, 0.25) is 5.91 Å². The number of nitrogens with zero attached hydrogens (tertiary/aromatic N) is 2.